The molecule has 7 heteroatoms. The number of halogens is 1. The highest BCUT2D eigenvalue weighted by molar-refractivity contribution is 14.0. The van der Waals surface area contributed by atoms with E-state index in [1.807, 2.05) is 6.92 Å². The summed E-state index contributed by atoms with van der Waals surface area (Å²) in [6.07, 6.45) is 5.45. The van der Waals surface area contributed by atoms with Crippen LogP contribution in [0.1, 0.15) is 46.0 Å². The molecule has 0 amide bonds. The summed E-state index contributed by atoms with van der Waals surface area (Å²) in [6, 6.07) is 0.0124. The SMILES string of the molecule is CCCCCCN=C(NCC)NC1CCS(=O)(=O)C1.I. The third-order valence-electron chi connectivity index (χ3n) is 3.20. The molecule has 0 bridgehead atoms. The molecule has 0 radical (unpaired) electrons. The Morgan fingerprint density at radius 2 is 2.00 bits per heavy atom. The molecule has 0 aliphatic carbocycles. The van der Waals surface area contributed by atoms with E-state index in [2.05, 4.69) is 22.5 Å². The van der Waals surface area contributed by atoms with Crippen LogP contribution in [0.15, 0.2) is 4.99 Å². The van der Waals surface area contributed by atoms with Crippen molar-refractivity contribution in [3.05, 3.63) is 0 Å². The third-order valence-corrected chi connectivity index (χ3v) is 4.97. The quantitative estimate of drug-likeness (QED) is 0.288. The summed E-state index contributed by atoms with van der Waals surface area (Å²) in [5.74, 6) is 1.27. The Hall–Kier alpha value is -0.0500. The Labute approximate surface area is 140 Å². The Morgan fingerprint density at radius 1 is 1.25 bits per heavy atom. The van der Waals surface area contributed by atoms with Crippen LogP contribution < -0.4 is 10.6 Å². The standard InChI is InChI=1S/C13H27N3O2S.HI/c1-3-5-6-7-9-15-13(14-4-2)16-12-8-10-19(17,18)11-12;/h12H,3-11H2,1-2H3,(H2,14,15,16);1H. The minimum Gasteiger partial charge on any atom is -0.357 e. The zero-order chi connectivity index (χ0) is 14.1. The van der Waals surface area contributed by atoms with Crippen LogP contribution in [0, 0.1) is 0 Å². The molecule has 20 heavy (non-hydrogen) atoms. The second kappa shape index (κ2) is 10.6. The van der Waals surface area contributed by atoms with Gasteiger partial charge >= 0.3 is 0 Å². The van der Waals surface area contributed by atoms with Crippen molar-refractivity contribution in [3.63, 3.8) is 0 Å². The molecule has 5 nitrogen and oxygen atoms in total. The van der Waals surface area contributed by atoms with E-state index in [1.165, 1.54) is 19.3 Å². The summed E-state index contributed by atoms with van der Waals surface area (Å²) in [6.45, 7) is 5.80. The topological polar surface area (TPSA) is 70.6 Å². The van der Waals surface area contributed by atoms with Crippen molar-refractivity contribution in [3.8, 4) is 0 Å². The highest BCUT2D eigenvalue weighted by Crippen LogP contribution is 2.11. The summed E-state index contributed by atoms with van der Waals surface area (Å²) in [4.78, 5) is 4.50. The fourth-order valence-electron chi connectivity index (χ4n) is 2.15. The van der Waals surface area contributed by atoms with Crippen LogP contribution in [0.5, 0.6) is 0 Å². The lowest BCUT2D eigenvalue weighted by atomic mass is 10.2. The second-order valence-electron chi connectivity index (χ2n) is 5.07. The van der Waals surface area contributed by atoms with Gasteiger partial charge in [0.05, 0.1) is 11.5 Å². The Balaban J connectivity index is 0.00000361. The third kappa shape index (κ3) is 8.28. The van der Waals surface area contributed by atoms with Crippen molar-refractivity contribution in [1.82, 2.24) is 10.6 Å². The fourth-order valence-corrected chi connectivity index (χ4v) is 3.83. The molecule has 1 atom stereocenters. The van der Waals surface area contributed by atoms with Gasteiger partial charge in [0.2, 0.25) is 0 Å². The van der Waals surface area contributed by atoms with E-state index in [-0.39, 0.29) is 35.8 Å². The highest BCUT2D eigenvalue weighted by Gasteiger charge is 2.28. The summed E-state index contributed by atoms with van der Waals surface area (Å²) >= 11 is 0. The van der Waals surface area contributed by atoms with Gasteiger partial charge in [-0.2, -0.15) is 0 Å². The first-order valence-corrected chi connectivity index (χ1v) is 9.14. The molecule has 1 saturated heterocycles. The molecule has 0 aromatic rings. The number of nitrogens with one attached hydrogen (secondary N) is 2. The lowest BCUT2D eigenvalue weighted by Gasteiger charge is -2.15. The first-order chi connectivity index (χ1) is 9.07. The van der Waals surface area contributed by atoms with Crippen LogP contribution in [-0.2, 0) is 9.84 Å². The number of aliphatic imine (C=N–C) groups is 1. The van der Waals surface area contributed by atoms with Gasteiger partial charge in [-0.05, 0) is 19.8 Å². The molecular formula is C13H28IN3O2S. The Bertz CT molecular complexity index is 385. The van der Waals surface area contributed by atoms with Crippen LogP contribution in [-0.4, -0.2) is 45.0 Å². The van der Waals surface area contributed by atoms with Crippen LogP contribution in [0.25, 0.3) is 0 Å². The van der Waals surface area contributed by atoms with Crippen LogP contribution >= 0.6 is 24.0 Å². The minimum atomic E-state index is -2.83. The summed E-state index contributed by atoms with van der Waals surface area (Å²) in [5, 5.41) is 6.39. The van der Waals surface area contributed by atoms with E-state index in [9.17, 15) is 8.42 Å². The van der Waals surface area contributed by atoms with Crippen LogP contribution in [0.2, 0.25) is 0 Å². The Kier molecular flexibility index (Phi) is 10.6. The second-order valence-corrected chi connectivity index (χ2v) is 7.29. The van der Waals surface area contributed by atoms with Crippen molar-refractivity contribution in [1.29, 1.82) is 0 Å². The van der Waals surface area contributed by atoms with Gasteiger partial charge in [0.1, 0.15) is 0 Å². The largest absolute Gasteiger partial charge is 0.357 e. The predicted octanol–water partition coefficient (Wildman–Crippen LogP) is 1.93. The minimum absolute atomic E-state index is 0. The molecule has 1 aliphatic rings. The molecule has 2 N–H and O–H groups in total. The van der Waals surface area contributed by atoms with Crippen molar-refractivity contribution in [2.45, 2.75) is 52.0 Å². The van der Waals surface area contributed by atoms with E-state index >= 15 is 0 Å². The normalized spacial score (nSPS) is 21.3. The van der Waals surface area contributed by atoms with E-state index in [1.54, 1.807) is 0 Å². The number of guanidine groups is 1. The van der Waals surface area contributed by atoms with Gasteiger partial charge in [0.25, 0.3) is 0 Å². The van der Waals surface area contributed by atoms with E-state index in [0.717, 1.165) is 25.5 Å². The molecule has 120 valence electrons. The van der Waals surface area contributed by atoms with Gasteiger partial charge in [-0.15, -0.1) is 24.0 Å². The monoisotopic (exact) mass is 417 g/mol. The maximum atomic E-state index is 11.4. The number of nitrogens with zero attached hydrogens (tertiary/aromatic N) is 1. The zero-order valence-electron chi connectivity index (χ0n) is 12.5. The average Bonchev–Trinajstić information content (AvgIpc) is 2.68. The predicted molar refractivity (Wildman–Crippen MR) is 95.7 cm³/mol. The zero-order valence-corrected chi connectivity index (χ0v) is 15.7. The van der Waals surface area contributed by atoms with E-state index in [0.29, 0.717) is 12.2 Å². The van der Waals surface area contributed by atoms with Gasteiger partial charge in [0, 0.05) is 19.1 Å². The van der Waals surface area contributed by atoms with Crippen LogP contribution in [0.4, 0.5) is 0 Å². The lowest BCUT2D eigenvalue weighted by molar-refractivity contribution is 0.599. The van der Waals surface area contributed by atoms with Gasteiger partial charge in [-0.1, -0.05) is 26.2 Å². The molecule has 1 heterocycles. The molecule has 1 fully saturated rings. The van der Waals surface area contributed by atoms with Gasteiger partial charge in [-0.3, -0.25) is 4.99 Å². The number of unbranched alkanes of at least 4 members (excludes halogenated alkanes) is 3. The summed E-state index contributed by atoms with van der Waals surface area (Å²) in [5.41, 5.74) is 0. The molecule has 0 aromatic heterocycles. The first-order valence-electron chi connectivity index (χ1n) is 7.32. The average molecular weight is 417 g/mol. The summed E-state index contributed by atoms with van der Waals surface area (Å²) < 4.78 is 22.8. The lowest BCUT2D eigenvalue weighted by Crippen LogP contribution is -2.44. The Morgan fingerprint density at radius 3 is 2.55 bits per heavy atom. The van der Waals surface area contributed by atoms with Crippen molar-refractivity contribution >= 4 is 39.8 Å². The fraction of sp³-hybridized carbons (Fsp3) is 0.923. The summed E-state index contributed by atoms with van der Waals surface area (Å²) in [7, 11) is -2.83. The molecule has 1 aliphatic heterocycles. The van der Waals surface area contributed by atoms with Gasteiger partial charge in [0.15, 0.2) is 15.8 Å². The molecular weight excluding hydrogens is 389 g/mol. The molecule has 0 spiro atoms. The first kappa shape index (κ1) is 19.9. The molecule has 1 unspecified atom stereocenters. The van der Waals surface area contributed by atoms with Gasteiger partial charge in [-0.25, -0.2) is 8.42 Å². The molecule has 1 rings (SSSR count). The van der Waals surface area contributed by atoms with Crippen molar-refractivity contribution in [2.24, 2.45) is 4.99 Å². The van der Waals surface area contributed by atoms with Crippen LogP contribution in [0.3, 0.4) is 0 Å². The van der Waals surface area contributed by atoms with Gasteiger partial charge < -0.3 is 10.6 Å². The number of sulfone groups is 1. The highest BCUT2D eigenvalue weighted by atomic mass is 127. The maximum absolute atomic E-state index is 11.4. The number of rotatable bonds is 7. The van der Waals surface area contributed by atoms with Crippen molar-refractivity contribution in [2.75, 3.05) is 24.6 Å². The smallest absolute Gasteiger partial charge is 0.191 e. The van der Waals surface area contributed by atoms with Crippen molar-refractivity contribution < 1.29 is 8.42 Å². The van der Waals surface area contributed by atoms with E-state index < -0.39 is 9.84 Å². The number of hydrogen-bond donors (Lipinski definition) is 2. The molecule has 0 aromatic carbocycles. The molecule has 0 saturated carbocycles. The van der Waals surface area contributed by atoms with E-state index in [4.69, 9.17) is 0 Å². The number of hydrogen-bond acceptors (Lipinski definition) is 3. The maximum Gasteiger partial charge on any atom is 0.191 e.